The van der Waals surface area contributed by atoms with Gasteiger partial charge in [0.2, 0.25) is 5.13 Å². The molecule has 1 aliphatic heterocycles. The van der Waals surface area contributed by atoms with Crippen LogP contribution < -0.4 is 5.01 Å². The smallest absolute Gasteiger partial charge is 0.207 e. The highest BCUT2D eigenvalue weighted by molar-refractivity contribution is 7.14. The average molecular weight is 428 g/mol. The maximum atomic E-state index is 5.74. The first-order chi connectivity index (χ1) is 14.8. The van der Waals surface area contributed by atoms with Crippen LogP contribution in [0.15, 0.2) is 93.3 Å². The molecule has 0 amide bonds. The summed E-state index contributed by atoms with van der Waals surface area (Å²) in [5.41, 5.74) is 3.17. The fraction of sp³-hybridized carbons (Fsp3) is 0.0833. The second-order valence-corrected chi connectivity index (χ2v) is 8.97. The van der Waals surface area contributed by atoms with E-state index in [1.807, 2.05) is 17.1 Å². The Bertz CT molecular complexity index is 1340. The van der Waals surface area contributed by atoms with Crippen molar-refractivity contribution in [1.29, 1.82) is 0 Å². The summed E-state index contributed by atoms with van der Waals surface area (Å²) in [6, 6.07) is 23.0. The van der Waals surface area contributed by atoms with Crippen molar-refractivity contribution in [2.45, 2.75) is 12.5 Å². The van der Waals surface area contributed by atoms with Crippen LogP contribution in [0.1, 0.15) is 23.1 Å². The van der Waals surface area contributed by atoms with E-state index in [1.54, 1.807) is 28.9 Å². The minimum Gasteiger partial charge on any atom is -0.467 e. The molecule has 0 saturated heterocycles. The zero-order chi connectivity index (χ0) is 19.9. The van der Waals surface area contributed by atoms with Crippen LogP contribution in [0.4, 0.5) is 5.13 Å². The number of benzene rings is 2. The molecule has 0 spiro atoms. The van der Waals surface area contributed by atoms with Gasteiger partial charge in [0.1, 0.15) is 11.8 Å². The topological polar surface area (TPSA) is 41.6 Å². The number of aromatic nitrogens is 1. The molecule has 0 bridgehead atoms. The van der Waals surface area contributed by atoms with Crippen molar-refractivity contribution in [2.24, 2.45) is 5.10 Å². The average Bonchev–Trinajstić information content (AvgIpc) is 3.58. The van der Waals surface area contributed by atoms with Gasteiger partial charge in [-0.15, -0.1) is 22.7 Å². The number of hydrazone groups is 1. The van der Waals surface area contributed by atoms with Crippen LogP contribution in [0.25, 0.3) is 22.0 Å². The molecule has 1 aliphatic rings. The van der Waals surface area contributed by atoms with Gasteiger partial charge in [0.25, 0.3) is 0 Å². The molecule has 0 aliphatic carbocycles. The van der Waals surface area contributed by atoms with Gasteiger partial charge in [0.15, 0.2) is 0 Å². The molecule has 0 N–H and O–H groups in total. The van der Waals surface area contributed by atoms with Gasteiger partial charge in [-0.3, -0.25) is 0 Å². The highest BCUT2D eigenvalue weighted by Gasteiger charge is 2.33. The standard InChI is InChI=1S/C24H17N3OS2/c1-2-6-17-13-18(10-9-16(17)5-1)20-15-30-24(25-20)27-21(22-7-3-11-28-22)14-19(26-27)23-8-4-12-29-23/h1-13,15,21H,14H2/t21-/m0/s1. The Hall–Kier alpha value is -3.22. The lowest BCUT2D eigenvalue weighted by molar-refractivity contribution is 0.465. The summed E-state index contributed by atoms with van der Waals surface area (Å²) in [4.78, 5) is 6.14. The van der Waals surface area contributed by atoms with Crippen molar-refractivity contribution in [2.75, 3.05) is 5.01 Å². The lowest BCUT2D eigenvalue weighted by atomic mass is 10.1. The van der Waals surface area contributed by atoms with Crippen LogP contribution in [0.3, 0.4) is 0 Å². The first kappa shape index (κ1) is 17.6. The van der Waals surface area contributed by atoms with E-state index in [1.165, 1.54) is 15.6 Å². The van der Waals surface area contributed by atoms with Gasteiger partial charge in [0.05, 0.1) is 22.5 Å². The van der Waals surface area contributed by atoms with Crippen LogP contribution in [0.5, 0.6) is 0 Å². The van der Waals surface area contributed by atoms with E-state index in [-0.39, 0.29) is 6.04 Å². The summed E-state index contributed by atoms with van der Waals surface area (Å²) in [6.07, 6.45) is 2.53. The van der Waals surface area contributed by atoms with E-state index in [4.69, 9.17) is 14.5 Å². The van der Waals surface area contributed by atoms with Gasteiger partial charge in [-0.05, 0) is 40.4 Å². The molecule has 3 aromatic heterocycles. The monoisotopic (exact) mass is 427 g/mol. The van der Waals surface area contributed by atoms with Crippen LogP contribution in [0, 0.1) is 0 Å². The third-order valence-corrected chi connectivity index (χ3v) is 7.07. The van der Waals surface area contributed by atoms with E-state index in [0.29, 0.717) is 0 Å². The fourth-order valence-electron chi connectivity index (χ4n) is 3.83. The van der Waals surface area contributed by atoms with Crippen LogP contribution in [-0.2, 0) is 0 Å². The highest BCUT2D eigenvalue weighted by atomic mass is 32.1. The van der Waals surface area contributed by atoms with Gasteiger partial charge in [-0.2, -0.15) is 5.10 Å². The second-order valence-electron chi connectivity index (χ2n) is 7.18. The highest BCUT2D eigenvalue weighted by Crippen LogP contribution is 2.40. The Morgan fingerprint density at radius 2 is 1.87 bits per heavy atom. The lowest BCUT2D eigenvalue weighted by Gasteiger charge is -2.18. The molecule has 6 rings (SSSR count). The van der Waals surface area contributed by atoms with Gasteiger partial charge in [-0.1, -0.05) is 42.5 Å². The number of nitrogens with zero attached hydrogens (tertiary/aromatic N) is 3. The Morgan fingerprint density at radius 1 is 0.933 bits per heavy atom. The molecule has 0 radical (unpaired) electrons. The molecule has 146 valence electrons. The van der Waals surface area contributed by atoms with Crippen molar-refractivity contribution < 1.29 is 4.42 Å². The SMILES string of the molecule is c1coc([C@@H]2CC(c3cccs3)=NN2c2nc(-c3ccc4ccccc4c3)cs2)c1. The minimum atomic E-state index is 0.0210. The Labute approximate surface area is 181 Å². The summed E-state index contributed by atoms with van der Waals surface area (Å²) < 4.78 is 5.74. The predicted octanol–water partition coefficient (Wildman–Crippen LogP) is 6.97. The van der Waals surface area contributed by atoms with Crippen LogP contribution in [-0.4, -0.2) is 10.7 Å². The maximum absolute atomic E-state index is 5.74. The van der Waals surface area contributed by atoms with Gasteiger partial charge >= 0.3 is 0 Å². The molecule has 30 heavy (non-hydrogen) atoms. The molecule has 4 heterocycles. The number of anilines is 1. The lowest BCUT2D eigenvalue weighted by Crippen LogP contribution is -2.17. The molecule has 5 aromatic rings. The third kappa shape index (κ3) is 3.05. The van der Waals surface area contributed by atoms with E-state index in [2.05, 4.69) is 65.4 Å². The Kier molecular flexibility index (Phi) is 4.25. The van der Waals surface area contributed by atoms with Crippen LogP contribution in [0.2, 0.25) is 0 Å². The predicted molar refractivity (Wildman–Crippen MR) is 124 cm³/mol. The number of thiazole rings is 1. The van der Waals surface area contributed by atoms with Crippen molar-refractivity contribution >= 4 is 44.3 Å². The van der Waals surface area contributed by atoms with E-state index >= 15 is 0 Å². The summed E-state index contributed by atoms with van der Waals surface area (Å²) in [7, 11) is 0. The second kappa shape index (κ2) is 7.23. The number of fused-ring (bicyclic) bond motifs is 1. The Balaban J connectivity index is 1.38. The van der Waals surface area contributed by atoms with E-state index in [0.717, 1.165) is 34.3 Å². The van der Waals surface area contributed by atoms with Gasteiger partial charge in [-0.25, -0.2) is 9.99 Å². The zero-order valence-electron chi connectivity index (χ0n) is 15.9. The quantitative estimate of drug-likeness (QED) is 0.311. The van der Waals surface area contributed by atoms with Crippen molar-refractivity contribution in [1.82, 2.24) is 4.98 Å². The molecule has 0 unspecified atom stereocenters. The van der Waals surface area contributed by atoms with E-state index in [9.17, 15) is 0 Å². The molecule has 1 atom stereocenters. The summed E-state index contributed by atoms with van der Waals surface area (Å²) in [6.45, 7) is 0. The number of hydrogen-bond acceptors (Lipinski definition) is 6. The molecule has 0 fully saturated rings. The first-order valence-electron chi connectivity index (χ1n) is 9.74. The number of furan rings is 1. The zero-order valence-corrected chi connectivity index (χ0v) is 17.6. The van der Waals surface area contributed by atoms with Gasteiger partial charge < -0.3 is 4.42 Å². The fourth-order valence-corrected chi connectivity index (χ4v) is 5.39. The summed E-state index contributed by atoms with van der Waals surface area (Å²) in [5.74, 6) is 0.910. The molecular weight excluding hydrogens is 410 g/mol. The van der Waals surface area contributed by atoms with E-state index < -0.39 is 0 Å². The third-order valence-electron chi connectivity index (χ3n) is 5.32. The van der Waals surface area contributed by atoms with Crippen molar-refractivity contribution in [3.05, 3.63) is 94.4 Å². The number of thiophene rings is 1. The first-order valence-corrected chi connectivity index (χ1v) is 11.5. The largest absolute Gasteiger partial charge is 0.467 e. The molecule has 6 heteroatoms. The minimum absolute atomic E-state index is 0.0210. The normalized spacial score (nSPS) is 16.3. The number of rotatable bonds is 4. The van der Waals surface area contributed by atoms with Gasteiger partial charge in [0, 0.05) is 17.4 Å². The molecule has 0 saturated carbocycles. The van der Waals surface area contributed by atoms with Crippen molar-refractivity contribution in [3.8, 4) is 11.3 Å². The molecule has 4 nitrogen and oxygen atoms in total. The summed E-state index contributed by atoms with van der Waals surface area (Å²) in [5, 5.41) is 14.5. The number of hydrogen-bond donors (Lipinski definition) is 0. The molecule has 2 aromatic carbocycles. The van der Waals surface area contributed by atoms with Crippen LogP contribution >= 0.6 is 22.7 Å². The molecular formula is C24H17N3OS2. The van der Waals surface area contributed by atoms with Crippen molar-refractivity contribution in [3.63, 3.8) is 0 Å². The Morgan fingerprint density at radius 3 is 2.70 bits per heavy atom. The summed E-state index contributed by atoms with van der Waals surface area (Å²) >= 11 is 3.33. The maximum Gasteiger partial charge on any atom is 0.207 e.